The normalized spacial score (nSPS) is 21.1. The van der Waals surface area contributed by atoms with Crippen LogP contribution in [0.5, 0.6) is 11.5 Å². The lowest BCUT2D eigenvalue weighted by atomic mass is 9.95. The fourth-order valence-corrected chi connectivity index (χ4v) is 4.03. The van der Waals surface area contributed by atoms with Crippen LogP contribution in [0.2, 0.25) is 0 Å². The molecule has 2 aromatic carbocycles. The topological polar surface area (TPSA) is 34.1 Å². The van der Waals surface area contributed by atoms with Gasteiger partial charge in [-0.05, 0) is 53.9 Å². The summed E-state index contributed by atoms with van der Waals surface area (Å²) in [7, 11) is 1.69. The molecule has 0 saturated heterocycles. The molecular weight excluding hydrogens is 392 g/mol. The maximum Gasteiger partial charge on any atom is 0.188 e. The van der Waals surface area contributed by atoms with Crippen molar-refractivity contribution in [1.82, 2.24) is 5.01 Å². The SMILES string of the molecule is COc1ccc(C2=NN3[C@H](CC(C)C)Oc4ccc(Br)cc4[C@H]3C2)cc1. The molecule has 4 nitrogen and oxygen atoms in total. The summed E-state index contributed by atoms with van der Waals surface area (Å²) in [6.45, 7) is 4.44. The molecule has 2 atom stereocenters. The van der Waals surface area contributed by atoms with Gasteiger partial charge in [0.2, 0.25) is 0 Å². The number of nitrogens with zero attached hydrogens (tertiary/aromatic N) is 2. The van der Waals surface area contributed by atoms with Gasteiger partial charge < -0.3 is 9.47 Å². The summed E-state index contributed by atoms with van der Waals surface area (Å²) in [6, 6.07) is 14.6. The van der Waals surface area contributed by atoms with E-state index in [1.807, 2.05) is 18.2 Å². The third-order valence-electron chi connectivity index (χ3n) is 4.93. The van der Waals surface area contributed by atoms with Gasteiger partial charge in [0.25, 0.3) is 0 Å². The number of methoxy groups -OCH3 is 1. The van der Waals surface area contributed by atoms with Gasteiger partial charge >= 0.3 is 0 Å². The number of ether oxygens (including phenoxy) is 2. The zero-order valence-electron chi connectivity index (χ0n) is 15.3. The molecule has 2 aromatic rings. The number of hydrogen-bond donors (Lipinski definition) is 0. The fourth-order valence-electron chi connectivity index (χ4n) is 3.65. The average Bonchev–Trinajstić information content (AvgIpc) is 3.08. The second kappa shape index (κ2) is 6.95. The van der Waals surface area contributed by atoms with Gasteiger partial charge in [-0.25, -0.2) is 0 Å². The lowest BCUT2D eigenvalue weighted by Gasteiger charge is -2.38. The minimum absolute atomic E-state index is 0.0237. The Morgan fingerprint density at radius 1 is 1.23 bits per heavy atom. The molecule has 0 bridgehead atoms. The predicted molar refractivity (Wildman–Crippen MR) is 107 cm³/mol. The van der Waals surface area contributed by atoms with Crippen LogP contribution in [0.1, 0.15) is 43.9 Å². The number of halogens is 1. The highest BCUT2D eigenvalue weighted by Gasteiger charge is 2.40. The molecule has 2 aliphatic heterocycles. The van der Waals surface area contributed by atoms with Crippen molar-refractivity contribution in [3.8, 4) is 11.5 Å². The van der Waals surface area contributed by atoms with Crippen molar-refractivity contribution in [3.05, 3.63) is 58.1 Å². The summed E-state index contributed by atoms with van der Waals surface area (Å²) >= 11 is 3.59. The van der Waals surface area contributed by atoms with Crippen molar-refractivity contribution in [2.75, 3.05) is 7.11 Å². The van der Waals surface area contributed by atoms with Crippen LogP contribution in [-0.4, -0.2) is 24.1 Å². The Kier molecular flexibility index (Phi) is 4.65. The van der Waals surface area contributed by atoms with E-state index in [1.165, 1.54) is 5.56 Å². The molecule has 0 aliphatic carbocycles. The first-order valence-electron chi connectivity index (χ1n) is 9.01. The Labute approximate surface area is 162 Å². The largest absolute Gasteiger partial charge is 0.497 e. The summed E-state index contributed by atoms with van der Waals surface area (Å²) in [5.41, 5.74) is 3.44. The van der Waals surface area contributed by atoms with Crippen LogP contribution in [0.25, 0.3) is 0 Å². The van der Waals surface area contributed by atoms with E-state index in [1.54, 1.807) is 7.11 Å². The first-order chi connectivity index (χ1) is 12.5. The van der Waals surface area contributed by atoms with Gasteiger partial charge in [-0.1, -0.05) is 29.8 Å². The molecule has 0 fully saturated rings. The van der Waals surface area contributed by atoms with E-state index < -0.39 is 0 Å². The molecular formula is C21H23BrN2O2. The van der Waals surface area contributed by atoms with Crippen LogP contribution in [0, 0.1) is 5.92 Å². The van der Waals surface area contributed by atoms with Crippen molar-refractivity contribution in [1.29, 1.82) is 0 Å². The average molecular weight is 415 g/mol. The molecule has 0 aromatic heterocycles. The highest BCUT2D eigenvalue weighted by Crippen LogP contribution is 2.45. The maximum atomic E-state index is 6.31. The second-order valence-corrected chi connectivity index (χ2v) is 8.18. The van der Waals surface area contributed by atoms with E-state index in [9.17, 15) is 0 Å². The lowest BCUT2D eigenvalue weighted by Crippen LogP contribution is -2.41. The summed E-state index contributed by atoms with van der Waals surface area (Å²) in [4.78, 5) is 0. The van der Waals surface area contributed by atoms with Gasteiger partial charge in [-0.2, -0.15) is 5.10 Å². The van der Waals surface area contributed by atoms with Crippen molar-refractivity contribution in [2.45, 2.75) is 39.0 Å². The van der Waals surface area contributed by atoms with Gasteiger partial charge in [0.05, 0.1) is 18.9 Å². The number of benzene rings is 2. The molecule has 0 spiro atoms. The third kappa shape index (κ3) is 3.20. The summed E-state index contributed by atoms with van der Waals surface area (Å²) < 4.78 is 12.7. The summed E-state index contributed by atoms with van der Waals surface area (Å²) in [5.74, 6) is 2.38. The molecule has 0 N–H and O–H groups in total. The van der Waals surface area contributed by atoms with Gasteiger partial charge in [-0.15, -0.1) is 0 Å². The van der Waals surface area contributed by atoms with Crippen molar-refractivity contribution >= 4 is 21.6 Å². The Balaban J connectivity index is 1.70. The Morgan fingerprint density at radius 2 is 2.00 bits per heavy atom. The van der Waals surface area contributed by atoms with Gasteiger partial charge in [0.1, 0.15) is 11.5 Å². The number of hydrazone groups is 1. The van der Waals surface area contributed by atoms with E-state index in [4.69, 9.17) is 14.6 Å². The molecule has 0 amide bonds. The fraction of sp³-hybridized carbons (Fsp3) is 0.381. The van der Waals surface area contributed by atoms with E-state index in [0.717, 1.165) is 40.1 Å². The maximum absolute atomic E-state index is 6.31. The number of fused-ring (bicyclic) bond motifs is 3. The Bertz CT molecular complexity index is 832. The number of hydrogen-bond acceptors (Lipinski definition) is 4. The van der Waals surface area contributed by atoms with Crippen LogP contribution in [0.4, 0.5) is 0 Å². The lowest BCUT2D eigenvalue weighted by molar-refractivity contribution is -0.0291. The van der Waals surface area contributed by atoms with Crippen molar-refractivity contribution < 1.29 is 9.47 Å². The van der Waals surface area contributed by atoms with Crippen LogP contribution < -0.4 is 9.47 Å². The van der Waals surface area contributed by atoms with Crippen molar-refractivity contribution in [2.24, 2.45) is 11.0 Å². The molecule has 26 heavy (non-hydrogen) atoms. The van der Waals surface area contributed by atoms with Crippen LogP contribution in [0.15, 0.2) is 52.0 Å². The minimum atomic E-state index is -0.0237. The first kappa shape index (κ1) is 17.4. The van der Waals surface area contributed by atoms with Crippen LogP contribution in [0.3, 0.4) is 0 Å². The van der Waals surface area contributed by atoms with Crippen LogP contribution in [-0.2, 0) is 0 Å². The Hall–Kier alpha value is -2.01. The quantitative estimate of drug-likeness (QED) is 0.673. The van der Waals surface area contributed by atoms with Crippen molar-refractivity contribution in [3.63, 3.8) is 0 Å². The Morgan fingerprint density at radius 3 is 2.69 bits per heavy atom. The summed E-state index contributed by atoms with van der Waals surface area (Å²) in [6.07, 6.45) is 1.81. The van der Waals surface area contributed by atoms with E-state index in [2.05, 4.69) is 59.1 Å². The monoisotopic (exact) mass is 414 g/mol. The second-order valence-electron chi connectivity index (χ2n) is 7.26. The van der Waals surface area contributed by atoms with E-state index in [-0.39, 0.29) is 12.3 Å². The molecule has 2 heterocycles. The predicted octanol–water partition coefficient (Wildman–Crippen LogP) is 5.37. The standard InChI is InChI=1S/C21H23BrN2O2/c1-13(2)10-21-24-19(17-11-15(22)6-9-20(17)26-21)12-18(23-24)14-4-7-16(25-3)8-5-14/h4-9,11,13,19,21H,10,12H2,1-3H3/t19-,21+/m1/s1. The zero-order chi connectivity index (χ0) is 18.3. The highest BCUT2D eigenvalue weighted by molar-refractivity contribution is 9.10. The third-order valence-corrected chi connectivity index (χ3v) is 5.42. The van der Waals surface area contributed by atoms with Gasteiger partial charge in [-0.3, -0.25) is 5.01 Å². The molecule has 136 valence electrons. The molecule has 4 rings (SSSR count). The van der Waals surface area contributed by atoms with E-state index in [0.29, 0.717) is 5.92 Å². The molecule has 2 aliphatic rings. The van der Waals surface area contributed by atoms with E-state index >= 15 is 0 Å². The minimum Gasteiger partial charge on any atom is -0.497 e. The number of rotatable bonds is 4. The molecule has 0 unspecified atom stereocenters. The van der Waals surface area contributed by atoms with Crippen LogP contribution >= 0.6 is 15.9 Å². The van der Waals surface area contributed by atoms with Gasteiger partial charge in [0.15, 0.2) is 6.23 Å². The molecule has 0 radical (unpaired) electrons. The first-order valence-corrected chi connectivity index (χ1v) is 9.81. The molecule has 0 saturated carbocycles. The summed E-state index contributed by atoms with van der Waals surface area (Å²) in [5, 5.41) is 7.13. The smallest absolute Gasteiger partial charge is 0.188 e. The highest BCUT2D eigenvalue weighted by atomic mass is 79.9. The molecule has 5 heteroatoms. The zero-order valence-corrected chi connectivity index (χ0v) is 16.9. The van der Waals surface area contributed by atoms with Gasteiger partial charge in [0, 0.05) is 22.9 Å².